The van der Waals surface area contributed by atoms with Crippen LogP contribution in [0.25, 0.3) is 0 Å². The highest BCUT2D eigenvalue weighted by Gasteiger charge is 2.39. The second kappa shape index (κ2) is 6.93. The van der Waals surface area contributed by atoms with Crippen LogP contribution >= 0.6 is 43.6 Å². The van der Waals surface area contributed by atoms with Crippen LogP contribution < -0.4 is 0 Å². The molecule has 2 aromatic rings. The minimum atomic E-state index is 0.650. The fourth-order valence-electron chi connectivity index (χ4n) is 3.18. The molecule has 0 radical (unpaired) electrons. The van der Waals surface area contributed by atoms with Crippen molar-refractivity contribution in [1.82, 2.24) is 0 Å². The molecule has 2 aliphatic carbocycles. The summed E-state index contributed by atoms with van der Waals surface area (Å²) in [6, 6.07) is 18.0. The van der Waals surface area contributed by atoms with E-state index in [9.17, 15) is 0 Å². The zero-order valence-corrected chi connectivity index (χ0v) is 16.9. The fourth-order valence-corrected chi connectivity index (χ4v) is 5.65. The molecule has 0 heterocycles. The Morgan fingerprint density at radius 2 is 1.00 bits per heavy atom. The Balaban J connectivity index is 1.58. The van der Waals surface area contributed by atoms with Crippen molar-refractivity contribution < 1.29 is 0 Å². The van der Waals surface area contributed by atoms with Crippen LogP contribution in [0.4, 0.5) is 0 Å². The number of thioether (sulfide) groups is 1. The van der Waals surface area contributed by atoms with Gasteiger partial charge in [-0.25, -0.2) is 0 Å². The molecule has 0 spiro atoms. The van der Waals surface area contributed by atoms with Crippen molar-refractivity contribution >= 4 is 43.6 Å². The van der Waals surface area contributed by atoms with Crippen LogP contribution in [0.15, 0.2) is 57.5 Å². The highest BCUT2D eigenvalue weighted by Crippen LogP contribution is 2.58. The SMILES string of the molecule is Brc1ccc(C(SC(c2ccc(Br)cc2)C2CC2)C2CC2)cc1. The monoisotopic (exact) mass is 450 g/mol. The molecule has 0 bridgehead atoms. The standard InChI is InChI=1S/C20H20Br2S/c21-17-9-5-15(6-10-17)19(13-1-2-13)23-20(14-3-4-14)16-7-11-18(22)12-8-16/h5-14,19-20H,1-4H2. The van der Waals surface area contributed by atoms with E-state index in [-0.39, 0.29) is 0 Å². The topological polar surface area (TPSA) is 0 Å². The van der Waals surface area contributed by atoms with Gasteiger partial charge >= 0.3 is 0 Å². The minimum Gasteiger partial charge on any atom is -0.145 e. The summed E-state index contributed by atoms with van der Waals surface area (Å²) in [5.41, 5.74) is 3.01. The van der Waals surface area contributed by atoms with Crippen LogP contribution in [-0.2, 0) is 0 Å². The van der Waals surface area contributed by atoms with Crippen molar-refractivity contribution in [1.29, 1.82) is 0 Å². The first-order valence-corrected chi connectivity index (χ1v) is 10.9. The zero-order valence-electron chi connectivity index (χ0n) is 12.9. The third-order valence-electron chi connectivity index (χ3n) is 4.79. The van der Waals surface area contributed by atoms with E-state index < -0.39 is 0 Å². The number of rotatable bonds is 6. The predicted molar refractivity (Wildman–Crippen MR) is 107 cm³/mol. The van der Waals surface area contributed by atoms with Gasteiger partial charge in [-0.3, -0.25) is 0 Å². The van der Waals surface area contributed by atoms with Crippen LogP contribution in [0.3, 0.4) is 0 Å². The van der Waals surface area contributed by atoms with Crippen molar-refractivity contribution in [2.24, 2.45) is 11.8 Å². The van der Waals surface area contributed by atoms with Gasteiger partial charge in [0.25, 0.3) is 0 Å². The Morgan fingerprint density at radius 1 is 0.652 bits per heavy atom. The molecule has 2 aromatic carbocycles. The molecule has 120 valence electrons. The molecule has 2 fully saturated rings. The molecule has 0 saturated heterocycles. The summed E-state index contributed by atoms with van der Waals surface area (Å²) in [5, 5.41) is 1.30. The molecular formula is C20H20Br2S. The molecule has 2 unspecified atom stereocenters. The molecule has 0 nitrogen and oxygen atoms in total. The number of benzene rings is 2. The maximum atomic E-state index is 3.56. The van der Waals surface area contributed by atoms with E-state index in [4.69, 9.17) is 0 Å². The third-order valence-corrected chi connectivity index (χ3v) is 7.75. The maximum Gasteiger partial charge on any atom is 0.0331 e. The lowest BCUT2D eigenvalue weighted by molar-refractivity contribution is 0.763. The van der Waals surface area contributed by atoms with Crippen molar-refractivity contribution in [3.8, 4) is 0 Å². The molecule has 0 aromatic heterocycles. The number of hydrogen-bond donors (Lipinski definition) is 0. The van der Waals surface area contributed by atoms with Crippen LogP contribution in [-0.4, -0.2) is 0 Å². The van der Waals surface area contributed by atoms with Gasteiger partial charge in [-0.2, -0.15) is 0 Å². The highest BCUT2D eigenvalue weighted by molar-refractivity contribution is 9.10. The molecule has 0 N–H and O–H groups in total. The molecule has 0 amide bonds. The normalized spacial score (nSPS) is 20.3. The molecule has 23 heavy (non-hydrogen) atoms. The lowest BCUT2D eigenvalue weighted by atomic mass is 10.1. The Hall–Kier alpha value is -0.250. The van der Waals surface area contributed by atoms with Crippen molar-refractivity contribution in [2.45, 2.75) is 36.2 Å². The first kappa shape index (κ1) is 16.2. The van der Waals surface area contributed by atoms with E-state index in [0.717, 1.165) is 11.8 Å². The van der Waals surface area contributed by atoms with Gasteiger partial charge in [-0.1, -0.05) is 56.1 Å². The molecule has 2 saturated carbocycles. The number of hydrogen-bond acceptors (Lipinski definition) is 1. The van der Waals surface area contributed by atoms with E-state index in [1.807, 2.05) is 0 Å². The lowest BCUT2D eigenvalue weighted by Gasteiger charge is -2.24. The van der Waals surface area contributed by atoms with Crippen molar-refractivity contribution in [3.05, 3.63) is 68.6 Å². The summed E-state index contributed by atoms with van der Waals surface area (Å²) < 4.78 is 2.35. The number of halogens is 2. The second-order valence-corrected chi connectivity index (χ2v) is 9.87. The Kier molecular flexibility index (Phi) is 4.89. The van der Waals surface area contributed by atoms with Gasteiger partial charge in [0.1, 0.15) is 0 Å². The summed E-state index contributed by atoms with van der Waals surface area (Å²) in [5.74, 6) is 1.75. The average molecular weight is 452 g/mol. The van der Waals surface area contributed by atoms with Gasteiger partial charge in [0.2, 0.25) is 0 Å². The summed E-state index contributed by atoms with van der Waals surface area (Å²) in [7, 11) is 0. The third kappa shape index (κ3) is 4.05. The van der Waals surface area contributed by atoms with E-state index in [1.54, 1.807) is 0 Å². The Bertz CT molecular complexity index is 598. The van der Waals surface area contributed by atoms with E-state index in [2.05, 4.69) is 92.2 Å². The van der Waals surface area contributed by atoms with Crippen LogP contribution in [0, 0.1) is 11.8 Å². The Labute approximate surface area is 159 Å². The zero-order chi connectivity index (χ0) is 15.8. The molecule has 2 aliphatic rings. The Morgan fingerprint density at radius 3 is 1.30 bits per heavy atom. The summed E-state index contributed by atoms with van der Waals surface area (Å²) in [6.07, 6.45) is 5.58. The average Bonchev–Trinajstić information content (AvgIpc) is 3.45. The second-order valence-electron chi connectivity index (χ2n) is 6.76. The van der Waals surface area contributed by atoms with Gasteiger partial charge in [-0.05, 0) is 72.9 Å². The van der Waals surface area contributed by atoms with E-state index >= 15 is 0 Å². The van der Waals surface area contributed by atoms with Crippen LogP contribution in [0.2, 0.25) is 0 Å². The maximum absolute atomic E-state index is 3.56. The van der Waals surface area contributed by atoms with Gasteiger partial charge in [-0.15, -0.1) is 11.8 Å². The van der Waals surface area contributed by atoms with Gasteiger partial charge in [0.15, 0.2) is 0 Å². The smallest absolute Gasteiger partial charge is 0.0331 e. The molecule has 4 rings (SSSR count). The van der Waals surface area contributed by atoms with Gasteiger partial charge in [0, 0.05) is 19.4 Å². The summed E-state index contributed by atoms with van der Waals surface area (Å²) in [4.78, 5) is 0. The highest BCUT2D eigenvalue weighted by atomic mass is 79.9. The molecular weight excluding hydrogens is 432 g/mol. The molecule has 3 heteroatoms. The van der Waals surface area contributed by atoms with Crippen molar-refractivity contribution in [2.75, 3.05) is 0 Å². The quantitative estimate of drug-likeness (QED) is 0.436. The van der Waals surface area contributed by atoms with Crippen LogP contribution in [0.1, 0.15) is 47.3 Å². The van der Waals surface area contributed by atoms with Crippen LogP contribution in [0.5, 0.6) is 0 Å². The summed E-state index contributed by atoms with van der Waals surface area (Å²) >= 11 is 9.35. The van der Waals surface area contributed by atoms with Gasteiger partial charge < -0.3 is 0 Å². The minimum absolute atomic E-state index is 0.650. The first-order chi connectivity index (χ1) is 11.2. The van der Waals surface area contributed by atoms with E-state index in [1.165, 1.54) is 45.8 Å². The fraction of sp³-hybridized carbons (Fsp3) is 0.400. The summed E-state index contributed by atoms with van der Waals surface area (Å²) in [6.45, 7) is 0. The molecule has 2 atom stereocenters. The lowest BCUT2D eigenvalue weighted by Crippen LogP contribution is -2.04. The largest absolute Gasteiger partial charge is 0.145 e. The van der Waals surface area contributed by atoms with E-state index in [0.29, 0.717) is 10.5 Å². The molecule has 0 aliphatic heterocycles. The van der Waals surface area contributed by atoms with Crippen molar-refractivity contribution in [3.63, 3.8) is 0 Å². The first-order valence-electron chi connectivity index (χ1n) is 8.37. The van der Waals surface area contributed by atoms with Gasteiger partial charge in [0.05, 0.1) is 0 Å². The predicted octanol–water partition coefficient (Wildman–Crippen LogP) is 7.55.